The van der Waals surface area contributed by atoms with E-state index < -0.39 is 15.9 Å². The lowest BCUT2D eigenvalue weighted by Crippen LogP contribution is -2.35. The molecule has 2 aliphatic heterocycles. The molecule has 2 aromatic rings. The minimum Gasteiger partial charge on any atom is -0.492 e. The number of ether oxygens (including phenoxy) is 1. The number of aryl methyl sites for hydroxylation is 1. The van der Waals surface area contributed by atoms with Crippen LogP contribution in [-0.4, -0.2) is 50.8 Å². The first-order valence-electron chi connectivity index (χ1n) is 11.7. The molecule has 0 radical (unpaired) electrons. The van der Waals surface area contributed by atoms with Crippen LogP contribution in [0.2, 0.25) is 0 Å². The Morgan fingerprint density at radius 3 is 2.59 bits per heavy atom. The molecule has 9 heteroatoms. The van der Waals surface area contributed by atoms with Crippen LogP contribution in [0.4, 0.5) is 11.4 Å². The van der Waals surface area contributed by atoms with Crippen molar-refractivity contribution in [3.8, 4) is 5.75 Å². The second kappa shape index (κ2) is 10.1. The van der Waals surface area contributed by atoms with Gasteiger partial charge in [0.15, 0.2) is 0 Å². The van der Waals surface area contributed by atoms with Gasteiger partial charge in [0.25, 0.3) is 0 Å². The summed E-state index contributed by atoms with van der Waals surface area (Å²) in [6.07, 6.45) is 2.82. The molecule has 34 heavy (non-hydrogen) atoms. The van der Waals surface area contributed by atoms with Gasteiger partial charge in [-0.25, -0.2) is 8.42 Å². The maximum atomic E-state index is 13.1. The molecule has 2 aromatic carbocycles. The smallest absolute Gasteiger partial charge is 0.243 e. The van der Waals surface area contributed by atoms with E-state index in [1.54, 1.807) is 23.1 Å². The van der Waals surface area contributed by atoms with Crippen LogP contribution in [0, 0.1) is 12.8 Å². The quantitative estimate of drug-likeness (QED) is 0.647. The van der Waals surface area contributed by atoms with Crippen molar-refractivity contribution in [2.75, 3.05) is 36.5 Å². The van der Waals surface area contributed by atoms with E-state index in [2.05, 4.69) is 5.32 Å². The van der Waals surface area contributed by atoms with Gasteiger partial charge in [-0.3, -0.25) is 9.59 Å². The first kappa shape index (κ1) is 24.2. The van der Waals surface area contributed by atoms with Crippen molar-refractivity contribution in [1.29, 1.82) is 0 Å². The molecule has 2 amide bonds. The fourth-order valence-corrected chi connectivity index (χ4v) is 6.00. The number of hydrogen-bond donors (Lipinski definition) is 1. The molecule has 0 bridgehead atoms. The van der Waals surface area contributed by atoms with Gasteiger partial charge >= 0.3 is 0 Å². The van der Waals surface area contributed by atoms with Gasteiger partial charge in [0.1, 0.15) is 5.75 Å². The average Bonchev–Trinajstić information content (AvgIpc) is 3.23. The molecule has 182 valence electrons. The molecule has 1 atom stereocenters. The Balaban J connectivity index is 1.50. The second-order valence-corrected chi connectivity index (χ2v) is 10.7. The van der Waals surface area contributed by atoms with E-state index in [4.69, 9.17) is 4.74 Å². The van der Waals surface area contributed by atoms with Gasteiger partial charge in [0.05, 0.1) is 23.1 Å². The molecule has 0 saturated carbocycles. The number of para-hydroxylation sites is 2. The average molecular weight is 486 g/mol. The van der Waals surface area contributed by atoms with Crippen molar-refractivity contribution in [1.82, 2.24) is 4.31 Å². The number of sulfonamides is 1. The topological polar surface area (TPSA) is 96.0 Å². The number of carbonyl (C=O) groups is 2. The number of nitrogens with zero attached hydrogens (tertiary/aromatic N) is 2. The van der Waals surface area contributed by atoms with Crippen LogP contribution in [0.5, 0.6) is 5.75 Å². The standard InChI is InChI=1S/C25H31N3O5S/c1-3-33-23-10-6-5-9-22(23)28-17-19(15-24(28)29)25(30)26-21-16-20(12-11-18(21)2)34(31,32)27-13-7-4-8-14-27/h5-6,9-12,16,19H,3-4,7-8,13-15,17H2,1-2H3,(H,26,30)/t19-/m1/s1. The summed E-state index contributed by atoms with van der Waals surface area (Å²) in [5.74, 6) is -0.402. The molecule has 2 aliphatic rings. The van der Waals surface area contributed by atoms with Crippen molar-refractivity contribution in [2.24, 2.45) is 5.92 Å². The fraction of sp³-hybridized carbons (Fsp3) is 0.440. The summed E-state index contributed by atoms with van der Waals surface area (Å²) in [5, 5.41) is 2.87. The Kier molecular flexibility index (Phi) is 7.23. The molecule has 0 unspecified atom stereocenters. The predicted octanol–water partition coefficient (Wildman–Crippen LogP) is 3.56. The van der Waals surface area contributed by atoms with Crippen LogP contribution >= 0.6 is 0 Å². The molecular formula is C25H31N3O5S. The number of hydrogen-bond acceptors (Lipinski definition) is 5. The summed E-state index contributed by atoms with van der Waals surface area (Å²) < 4.78 is 33.3. The minimum absolute atomic E-state index is 0.0805. The van der Waals surface area contributed by atoms with Gasteiger partial charge in [-0.15, -0.1) is 0 Å². The maximum Gasteiger partial charge on any atom is 0.243 e. The SMILES string of the molecule is CCOc1ccccc1N1C[C@H](C(=O)Nc2cc(S(=O)(=O)N3CCCCC3)ccc2C)CC1=O. The minimum atomic E-state index is -3.61. The summed E-state index contributed by atoms with van der Waals surface area (Å²) >= 11 is 0. The largest absolute Gasteiger partial charge is 0.492 e. The summed E-state index contributed by atoms with van der Waals surface area (Å²) in [6.45, 7) is 5.43. The molecule has 0 spiro atoms. The summed E-state index contributed by atoms with van der Waals surface area (Å²) in [7, 11) is -3.61. The van der Waals surface area contributed by atoms with Crippen LogP contribution in [0.25, 0.3) is 0 Å². The molecule has 2 saturated heterocycles. The van der Waals surface area contributed by atoms with Crippen LogP contribution in [-0.2, 0) is 19.6 Å². The lowest BCUT2D eigenvalue weighted by atomic mass is 10.1. The molecular weight excluding hydrogens is 454 g/mol. The zero-order valence-corrected chi connectivity index (χ0v) is 20.4. The fourth-order valence-electron chi connectivity index (χ4n) is 4.46. The predicted molar refractivity (Wildman–Crippen MR) is 130 cm³/mol. The molecule has 2 heterocycles. The van der Waals surface area contributed by atoms with Crippen LogP contribution in [0.3, 0.4) is 0 Å². The number of anilines is 2. The van der Waals surface area contributed by atoms with E-state index in [1.165, 1.54) is 10.4 Å². The molecule has 2 fully saturated rings. The number of carbonyl (C=O) groups excluding carboxylic acids is 2. The van der Waals surface area contributed by atoms with E-state index in [9.17, 15) is 18.0 Å². The monoisotopic (exact) mass is 485 g/mol. The number of rotatable bonds is 7. The third-order valence-corrected chi connectivity index (χ3v) is 8.27. The van der Waals surface area contributed by atoms with Crippen molar-refractivity contribution in [3.05, 3.63) is 48.0 Å². The first-order valence-corrected chi connectivity index (χ1v) is 13.2. The zero-order valence-electron chi connectivity index (χ0n) is 19.6. The second-order valence-electron chi connectivity index (χ2n) is 8.74. The van der Waals surface area contributed by atoms with E-state index in [-0.39, 0.29) is 29.7 Å². The number of nitrogens with one attached hydrogen (secondary N) is 1. The van der Waals surface area contributed by atoms with Crippen LogP contribution in [0.1, 0.15) is 38.2 Å². The van der Waals surface area contributed by atoms with E-state index >= 15 is 0 Å². The highest BCUT2D eigenvalue weighted by atomic mass is 32.2. The number of piperidine rings is 1. The Labute approximate surface area is 200 Å². The molecule has 8 nitrogen and oxygen atoms in total. The van der Waals surface area contributed by atoms with Crippen molar-refractivity contribution in [2.45, 2.75) is 44.4 Å². The normalized spacial score (nSPS) is 19.3. The zero-order chi connectivity index (χ0) is 24.3. The highest BCUT2D eigenvalue weighted by molar-refractivity contribution is 7.89. The third kappa shape index (κ3) is 4.95. The lowest BCUT2D eigenvalue weighted by Gasteiger charge is -2.26. The summed E-state index contributed by atoms with van der Waals surface area (Å²) in [5.41, 5.74) is 1.85. The molecule has 0 aliphatic carbocycles. The first-order chi connectivity index (χ1) is 16.3. The highest BCUT2D eigenvalue weighted by Crippen LogP contribution is 2.34. The van der Waals surface area contributed by atoms with Gasteiger partial charge in [0, 0.05) is 31.7 Å². The summed E-state index contributed by atoms with van der Waals surface area (Å²) in [4.78, 5) is 27.6. The van der Waals surface area contributed by atoms with Gasteiger partial charge in [-0.05, 0) is 56.5 Å². The van der Waals surface area contributed by atoms with Crippen molar-refractivity contribution >= 4 is 33.2 Å². The molecule has 4 rings (SSSR count). The summed E-state index contributed by atoms with van der Waals surface area (Å²) in [6, 6.07) is 12.1. The molecule has 1 N–H and O–H groups in total. The molecule has 0 aromatic heterocycles. The van der Waals surface area contributed by atoms with Gasteiger partial charge in [-0.1, -0.05) is 24.6 Å². The number of amides is 2. The van der Waals surface area contributed by atoms with Crippen molar-refractivity contribution in [3.63, 3.8) is 0 Å². The Bertz CT molecular complexity index is 1170. The lowest BCUT2D eigenvalue weighted by molar-refractivity contribution is -0.122. The van der Waals surface area contributed by atoms with E-state index in [0.717, 1.165) is 24.8 Å². The van der Waals surface area contributed by atoms with E-state index in [0.29, 0.717) is 36.8 Å². The Morgan fingerprint density at radius 1 is 1.12 bits per heavy atom. The van der Waals surface area contributed by atoms with Crippen LogP contribution < -0.4 is 15.0 Å². The Hall–Kier alpha value is -2.91. The Morgan fingerprint density at radius 2 is 1.85 bits per heavy atom. The van der Waals surface area contributed by atoms with Crippen LogP contribution in [0.15, 0.2) is 47.4 Å². The van der Waals surface area contributed by atoms with Gasteiger partial charge < -0.3 is 15.0 Å². The maximum absolute atomic E-state index is 13.1. The highest BCUT2D eigenvalue weighted by Gasteiger charge is 2.36. The third-order valence-electron chi connectivity index (χ3n) is 6.37. The van der Waals surface area contributed by atoms with E-state index in [1.807, 2.05) is 32.0 Å². The van der Waals surface area contributed by atoms with Crippen molar-refractivity contribution < 1.29 is 22.7 Å². The van der Waals surface area contributed by atoms with Gasteiger partial charge in [-0.2, -0.15) is 4.31 Å². The number of benzene rings is 2. The van der Waals surface area contributed by atoms with Gasteiger partial charge in [0.2, 0.25) is 21.8 Å².